The number of unbranched alkanes of at least 4 members (excludes halogenated alkanes) is 2. The van der Waals surface area contributed by atoms with Crippen molar-refractivity contribution in [2.24, 2.45) is 11.8 Å². The van der Waals surface area contributed by atoms with Gasteiger partial charge in [0.1, 0.15) is 0 Å². The number of esters is 1. The number of rotatable bonds is 8. The summed E-state index contributed by atoms with van der Waals surface area (Å²) in [5.74, 6) is 0.940. The number of fused-ring (bicyclic) bond motifs is 2. The summed E-state index contributed by atoms with van der Waals surface area (Å²) in [5, 5.41) is 17.4. The summed E-state index contributed by atoms with van der Waals surface area (Å²) < 4.78 is 16.0. The van der Waals surface area contributed by atoms with Crippen molar-refractivity contribution >= 4 is 5.97 Å². The first-order valence-corrected chi connectivity index (χ1v) is 10.4. The van der Waals surface area contributed by atoms with E-state index < -0.39 is 0 Å². The third-order valence-corrected chi connectivity index (χ3v) is 6.00. The highest BCUT2D eigenvalue weighted by Gasteiger charge is 2.44. The maximum atomic E-state index is 11.4. The zero-order chi connectivity index (χ0) is 18.4. The van der Waals surface area contributed by atoms with E-state index in [1.165, 1.54) is 6.42 Å². The van der Waals surface area contributed by atoms with Crippen LogP contribution in [0.2, 0.25) is 0 Å². The third-order valence-electron chi connectivity index (χ3n) is 6.00. The Morgan fingerprint density at radius 2 is 1.50 bits per heavy atom. The fourth-order valence-electron chi connectivity index (χ4n) is 4.13. The first-order chi connectivity index (χ1) is 12.7. The van der Waals surface area contributed by atoms with E-state index in [9.17, 15) is 4.79 Å². The van der Waals surface area contributed by atoms with E-state index in [4.69, 9.17) is 24.4 Å². The minimum absolute atomic E-state index is 0.0956. The summed E-state index contributed by atoms with van der Waals surface area (Å²) in [5.41, 5.74) is 0. The van der Waals surface area contributed by atoms with E-state index >= 15 is 0 Å². The Morgan fingerprint density at radius 1 is 0.846 bits per heavy atom. The lowest BCUT2D eigenvalue weighted by Gasteiger charge is -2.18. The van der Waals surface area contributed by atoms with Crippen molar-refractivity contribution in [3.8, 4) is 0 Å². The largest absolute Gasteiger partial charge is 0.465 e. The summed E-state index contributed by atoms with van der Waals surface area (Å²) in [6.45, 7) is 1.12. The van der Waals surface area contributed by atoms with Crippen molar-refractivity contribution in [2.75, 3.05) is 19.8 Å². The molecule has 150 valence electrons. The summed E-state index contributed by atoms with van der Waals surface area (Å²) in [7, 11) is 0. The molecule has 0 aromatic rings. The zero-order valence-corrected chi connectivity index (χ0v) is 15.7. The van der Waals surface area contributed by atoms with Crippen LogP contribution in [-0.2, 0) is 19.0 Å². The average molecular weight is 370 g/mol. The normalized spacial score (nSPS) is 36.8. The van der Waals surface area contributed by atoms with Gasteiger partial charge in [0.15, 0.2) is 0 Å². The Bertz CT molecular complexity index is 442. The van der Waals surface area contributed by atoms with Crippen molar-refractivity contribution in [1.29, 1.82) is 0 Å². The fourth-order valence-corrected chi connectivity index (χ4v) is 4.13. The Labute approximate surface area is 156 Å². The molecule has 4 rings (SSSR count). The molecule has 2 N–H and O–H groups in total. The monoisotopic (exact) mass is 370 g/mol. The van der Waals surface area contributed by atoms with Gasteiger partial charge in [0.05, 0.1) is 31.0 Å². The van der Waals surface area contributed by atoms with Gasteiger partial charge in [-0.25, -0.2) is 0 Å². The van der Waals surface area contributed by atoms with Gasteiger partial charge in [0, 0.05) is 19.6 Å². The molecule has 26 heavy (non-hydrogen) atoms. The summed E-state index contributed by atoms with van der Waals surface area (Å²) >= 11 is 0. The number of carbonyl (C=O) groups excluding carboxylic acids is 1. The second-order valence-corrected chi connectivity index (χ2v) is 8.18. The van der Waals surface area contributed by atoms with E-state index in [-0.39, 0.29) is 12.6 Å². The smallest absolute Gasteiger partial charge is 0.305 e. The Kier molecular flexibility index (Phi) is 7.73. The van der Waals surface area contributed by atoms with E-state index in [1.54, 1.807) is 0 Å². The molecule has 0 aromatic heterocycles. The van der Waals surface area contributed by atoms with Gasteiger partial charge >= 0.3 is 5.97 Å². The standard InChI is InChI=1S/C13H22O4.C7H12O2/c14-7-3-1-2-4-13(15)16-9-10-5-6-11-12(8-10)17-11;8-4-5-1-2-6-7(3-5)9-6/h10-12,14H,1-9H2;5-8H,1-4H2. The molecular weight excluding hydrogens is 336 g/mol. The zero-order valence-electron chi connectivity index (χ0n) is 15.7. The van der Waals surface area contributed by atoms with Crippen molar-refractivity contribution in [2.45, 2.75) is 88.6 Å². The molecule has 2 aliphatic heterocycles. The van der Waals surface area contributed by atoms with Crippen molar-refractivity contribution in [3.05, 3.63) is 0 Å². The number of ether oxygens (including phenoxy) is 3. The Hall–Kier alpha value is -0.690. The van der Waals surface area contributed by atoms with E-state index in [2.05, 4.69) is 0 Å². The first kappa shape index (κ1) is 20.1. The first-order valence-electron chi connectivity index (χ1n) is 10.4. The fraction of sp³-hybridized carbons (Fsp3) is 0.950. The second-order valence-electron chi connectivity index (χ2n) is 8.18. The average Bonchev–Trinajstić information content (AvgIpc) is 3.57. The molecule has 2 heterocycles. The molecule has 6 atom stereocenters. The van der Waals surface area contributed by atoms with E-state index in [0.717, 1.165) is 51.4 Å². The number of aliphatic hydroxyl groups is 2. The van der Waals surface area contributed by atoms with Crippen LogP contribution in [0.1, 0.15) is 64.2 Å². The minimum atomic E-state index is -0.0956. The third kappa shape index (κ3) is 6.48. The molecule has 4 fully saturated rings. The molecule has 0 aromatic carbocycles. The Balaban J connectivity index is 0.000000181. The lowest BCUT2D eigenvalue weighted by Crippen LogP contribution is -2.20. The van der Waals surface area contributed by atoms with Crippen LogP contribution in [0.25, 0.3) is 0 Å². The van der Waals surface area contributed by atoms with Gasteiger partial charge in [-0.15, -0.1) is 0 Å². The van der Waals surface area contributed by atoms with Gasteiger partial charge in [-0.05, 0) is 63.2 Å². The van der Waals surface area contributed by atoms with E-state index in [1.807, 2.05) is 0 Å². The van der Waals surface area contributed by atoms with Crippen LogP contribution < -0.4 is 0 Å². The van der Waals surface area contributed by atoms with Gasteiger partial charge in [-0.2, -0.15) is 0 Å². The van der Waals surface area contributed by atoms with E-state index in [0.29, 0.717) is 55.9 Å². The van der Waals surface area contributed by atoms with Crippen LogP contribution in [0.15, 0.2) is 0 Å². The predicted octanol–water partition coefficient (Wildman–Crippen LogP) is 2.20. The number of aliphatic hydroxyl groups excluding tert-OH is 2. The molecular formula is C20H34O6. The highest BCUT2D eigenvalue weighted by Crippen LogP contribution is 2.40. The topological polar surface area (TPSA) is 91.8 Å². The predicted molar refractivity (Wildman–Crippen MR) is 95.6 cm³/mol. The lowest BCUT2D eigenvalue weighted by molar-refractivity contribution is -0.145. The number of hydrogen-bond donors (Lipinski definition) is 2. The molecule has 6 heteroatoms. The van der Waals surface area contributed by atoms with Gasteiger partial charge in [-0.1, -0.05) is 6.42 Å². The number of carbonyl (C=O) groups is 1. The van der Waals surface area contributed by atoms with Crippen LogP contribution >= 0.6 is 0 Å². The van der Waals surface area contributed by atoms with Crippen LogP contribution in [-0.4, -0.2) is 60.4 Å². The molecule has 6 nitrogen and oxygen atoms in total. The van der Waals surface area contributed by atoms with Gasteiger partial charge in [0.2, 0.25) is 0 Å². The molecule has 2 saturated carbocycles. The maximum Gasteiger partial charge on any atom is 0.305 e. The summed E-state index contributed by atoms with van der Waals surface area (Å²) in [6.07, 6.45) is 11.8. The van der Waals surface area contributed by atoms with Gasteiger partial charge in [0.25, 0.3) is 0 Å². The minimum Gasteiger partial charge on any atom is -0.465 e. The van der Waals surface area contributed by atoms with Crippen LogP contribution in [0.3, 0.4) is 0 Å². The Morgan fingerprint density at radius 3 is 2.12 bits per heavy atom. The molecule has 0 bridgehead atoms. The van der Waals surface area contributed by atoms with Gasteiger partial charge in [-0.3, -0.25) is 4.79 Å². The van der Waals surface area contributed by atoms with Crippen molar-refractivity contribution < 1.29 is 29.2 Å². The van der Waals surface area contributed by atoms with Crippen molar-refractivity contribution in [3.63, 3.8) is 0 Å². The van der Waals surface area contributed by atoms with Crippen LogP contribution in [0, 0.1) is 11.8 Å². The van der Waals surface area contributed by atoms with Crippen molar-refractivity contribution in [1.82, 2.24) is 0 Å². The summed E-state index contributed by atoms with van der Waals surface area (Å²) in [4.78, 5) is 11.4. The lowest BCUT2D eigenvalue weighted by atomic mass is 9.90. The second kappa shape index (κ2) is 10.0. The van der Waals surface area contributed by atoms with Crippen LogP contribution in [0.4, 0.5) is 0 Å². The SMILES string of the molecule is O=C(CCCCCO)OCC1CCC2OC2C1.OCC1CCC2OC2C1. The van der Waals surface area contributed by atoms with Gasteiger partial charge < -0.3 is 24.4 Å². The number of hydrogen-bond acceptors (Lipinski definition) is 6. The highest BCUT2D eigenvalue weighted by molar-refractivity contribution is 5.69. The molecule has 0 radical (unpaired) electrons. The maximum absolute atomic E-state index is 11.4. The molecule has 2 saturated heterocycles. The number of epoxide rings is 2. The highest BCUT2D eigenvalue weighted by atomic mass is 16.6. The quantitative estimate of drug-likeness (QED) is 0.387. The molecule has 0 amide bonds. The molecule has 6 unspecified atom stereocenters. The molecule has 2 aliphatic carbocycles. The van der Waals surface area contributed by atoms with Crippen LogP contribution in [0.5, 0.6) is 0 Å². The summed E-state index contributed by atoms with van der Waals surface area (Å²) in [6, 6.07) is 0. The molecule has 4 aliphatic rings. The molecule has 0 spiro atoms.